The van der Waals surface area contributed by atoms with Gasteiger partial charge in [0.05, 0.1) is 12.7 Å². The molecule has 1 aliphatic rings. The minimum absolute atomic E-state index is 0.338. The van der Waals surface area contributed by atoms with Gasteiger partial charge in [-0.25, -0.2) is 9.78 Å². The first-order valence-electron chi connectivity index (χ1n) is 5.89. The Morgan fingerprint density at radius 1 is 1.33 bits per heavy atom. The molecule has 5 nitrogen and oxygen atoms in total. The van der Waals surface area contributed by atoms with Crippen LogP contribution in [0.5, 0.6) is 0 Å². The van der Waals surface area contributed by atoms with Crippen molar-refractivity contribution >= 4 is 5.97 Å². The van der Waals surface area contributed by atoms with Crippen molar-refractivity contribution in [2.24, 2.45) is 0 Å². The van der Waals surface area contributed by atoms with Crippen molar-refractivity contribution in [3.63, 3.8) is 0 Å². The van der Waals surface area contributed by atoms with Crippen LogP contribution in [-0.2, 0) is 4.74 Å². The summed E-state index contributed by atoms with van der Waals surface area (Å²) in [5.41, 5.74) is 1.42. The van der Waals surface area contributed by atoms with E-state index in [0.717, 1.165) is 11.4 Å². The standard InChI is InChI=1S/C13H13N3O2/c1-18-13(17)10-6-4-9(5-7-10)12-14-11(15-16-12)8-2-3-8/h4-8H,2-3H2,1H3,(H,14,15,16). The third-order valence-corrected chi connectivity index (χ3v) is 3.03. The molecule has 1 N–H and O–H groups in total. The Morgan fingerprint density at radius 2 is 2.06 bits per heavy atom. The van der Waals surface area contributed by atoms with Crippen molar-refractivity contribution in [3.05, 3.63) is 35.7 Å². The van der Waals surface area contributed by atoms with E-state index in [1.165, 1.54) is 20.0 Å². The number of ether oxygens (including phenoxy) is 1. The molecule has 92 valence electrons. The first-order valence-corrected chi connectivity index (χ1v) is 5.89. The topological polar surface area (TPSA) is 67.9 Å². The molecule has 3 rings (SSSR count). The van der Waals surface area contributed by atoms with E-state index < -0.39 is 0 Å². The second-order valence-corrected chi connectivity index (χ2v) is 4.39. The second kappa shape index (κ2) is 4.25. The fraction of sp³-hybridized carbons (Fsp3) is 0.308. The summed E-state index contributed by atoms with van der Waals surface area (Å²) in [4.78, 5) is 15.8. The van der Waals surface area contributed by atoms with E-state index in [9.17, 15) is 4.79 Å². The zero-order valence-corrected chi connectivity index (χ0v) is 10.0. The number of aromatic nitrogens is 3. The molecule has 0 atom stereocenters. The Kier molecular flexibility index (Phi) is 2.59. The number of methoxy groups -OCH3 is 1. The molecule has 1 fully saturated rings. The highest BCUT2D eigenvalue weighted by molar-refractivity contribution is 5.89. The quantitative estimate of drug-likeness (QED) is 0.838. The first kappa shape index (κ1) is 11.0. The zero-order chi connectivity index (χ0) is 12.5. The highest BCUT2D eigenvalue weighted by Crippen LogP contribution is 2.38. The lowest BCUT2D eigenvalue weighted by molar-refractivity contribution is 0.0601. The van der Waals surface area contributed by atoms with Gasteiger partial charge in [-0.05, 0) is 25.0 Å². The monoisotopic (exact) mass is 243 g/mol. The van der Waals surface area contributed by atoms with Gasteiger partial charge >= 0.3 is 5.97 Å². The number of carbonyl (C=O) groups excluding carboxylic acids is 1. The maximum absolute atomic E-state index is 11.3. The van der Waals surface area contributed by atoms with Crippen LogP contribution in [0.25, 0.3) is 11.4 Å². The van der Waals surface area contributed by atoms with Crippen molar-refractivity contribution < 1.29 is 9.53 Å². The van der Waals surface area contributed by atoms with Crippen molar-refractivity contribution in [1.82, 2.24) is 15.2 Å². The van der Waals surface area contributed by atoms with Crippen LogP contribution in [0, 0.1) is 0 Å². The van der Waals surface area contributed by atoms with Crippen LogP contribution in [0.3, 0.4) is 0 Å². The lowest BCUT2D eigenvalue weighted by atomic mass is 10.1. The number of rotatable bonds is 3. The lowest BCUT2D eigenvalue weighted by Gasteiger charge is -1.99. The molecule has 0 saturated heterocycles. The zero-order valence-electron chi connectivity index (χ0n) is 10.0. The van der Waals surface area contributed by atoms with Crippen LogP contribution in [0.4, 0.5) is 0 Å². The van der Waals surface area contributed by atoms with Gasteiger partial charge in [0.2, 0.25) is 0 Å². The average molecular weight is 243 g/mol. The van der Waals surface area contributed by atoms with E-state index in [1.807, 2.05) is 12.1 Å². The van der Waals surface area contributed by atoms with Crippen LogP contribution in [0.1, 0.15) is 34.9 Å². The Balaban J connectivity index is 1.84. The molecule has 1 aromatic carbocycles. The maximum atomic E-state index is 11.3. The second-order valence-electron chi connectivity index (χ2n) is 4.39. The largest absolute Gasteiger partial charge is 0.465 e. The molecular weight excluding hydrogens is 230 g/mol. The highest BCUT2D eigenvalue weighted by Gasteiger charge is 2.27. The van der Waals surface area contributed by atoms with Gasteiger partial charge in [-0.15, -0.1) is 0 Å². The van der Waals surface area contributed by atoms with Crippen LogP contribution in [0.2, 0.25) is 0 Å². The summed E-state index contributed by atoms with van der Waals surface area (Å²) in [5.74, 6) is 1.85. The van der Waals surface area contributed by atoms with Gasteiger partial charge in [-0.3, -0.25) is 5.10 Å². The van der Waals surface area contributed by atoms with E-state index in [4.69, 9.17) is 0 Å². The van der Waals surface area contributed by atoms with Gasteiger partial charge in [-0.1, -0.05) is 12.1 Å². The molecule has 1 heterocycles. The Hall–Kier alpha value is -2.17. The number of benzene rings is 1. The summed E-state index contributed by atoms with van der Waals surface area (Å²) < 4.78 is 4.65. The molecule has 0 aliphatic heterocycles. The normalized spacial score (nSPS) is 14.5. The maximum Gasteiger partial charge on any atom is 0.337 e. The van der Waals surface area contributed by atoms with Gasteiger partial charge in [0.25, 0.3) is 0 Å². The van der Waals surface area contributed by atoms with Gasteiger partial charge in [-0.2, -0.15) is 5.10 Å². The van der Waals surface area contributed by atoms with Crippen molar-refractivity contribution in [1.29, 1.82) is 0 Å². The number of hydrogen-bond acceptors (Lipinski definition) is 4. The summed E-state index contributed by atoms with van der Waals surface area (Å²) in [6.45, 7) is 0. The third kappa shape index (κ3) is 1.99. The molecule has 0 amide bonds. The fourth-order valence-corrected chi connectivity index (χ4v) is 1.82. The minimum atomic E-state index is -0.338. The fourth-order valence-electron chi connectivity index (χ4n) is 1.82. The summed E-state index contributed by atoms with van der Waals surface area (Å²) >= 11 is 0. The molecule has 0 radical (unpaired) electrons. The number of esters is 1. The van der Waals surface area contributed by atoms with Gasteiger partial charge in [0.15, 0.2) is 5.82 Å². The average Bonchev–Trinajstić information content (AvgIpc) is 3.16. The van der Waals surface area contributed by atoms with Gasteiger partial charge in [0, 0.05) is 11.5 Å². The molecule has 0 spiro atoms. The lowest BCUT2D eigenvalue weighted by Crippen LogP contribution is -2.00. The molecule has 0 bridgehead atoms. The smallest absolute Gasteiger partial charge is 0.337 e. The molecule has 0 unspecified atom stereocenters. The van der Waals surface area contributed by atoms with Crippen molar-refractivity contribution in [3.8, 4) is 11.4 Å². The molecule has 5 heteroatoms. The van der Waals surface area contributed by atoms with Crippen LogP contribution >= 0.6 is 0 Å². The minimum Gasteiger partial charge on any atom is -0.465 e. The van der Waals surface area contributed by atoms with E-state index in [0.29, 0.717) is 17.3 Å². The van der Waals surface area contributed by atoms with Crippen LogP contribution in [0.15, 0.2) is 24.3 Å². The predicted molar refractivity (Wildman–Crippen MR) is 65.1 cm³/mol. The summed E-state index contributed by atoms with van der Waals surface area (Å²) in [7, 11) is 1.37. The summed E-state index contributed by atoms with van der Waals surface area (Å²) in [6.07, 6.45) is 2.38. The molecule has 1 aromatic heterocycles. The molecule has 18 heavy (non-hydrogen) atoms. The first-order chi connectivity index (χ1) is 8.78. The van der Waals surface area contributed by atoms with Crippen molar-refractivity contribution in [2.45, 2.75) is 18.8 Å². The Bertz CT molecular complexity index is 570. The Labute approximate surface area is 104 Å². The van der Waals surface area contributed by atoms with E-state index >= 15 is 0 Å². The SMILES string of the molecule is COC(=O)c1ccc(-c2n[nH]c(C3CC3)n2)cc1. The summed E-state index contributed by atoms with van der Waals surface area (Å²) in [6, 6.07) is 7.08. The highest BCUT2D eigenvalue weighted by atomic mass is 16.5. The number of aromatic amines is 1. The van der Waals surface area contributed by atoms with Crippen LogP contribution < -0.4 is 0 Å². The number of nitrogens with one attached hydrogen (secondary N) is 1. The third-order valence-electron chi connectivity index (χ3n) is 3.03. The number of carbonyl (C=O) groups is 1. The molecule has 1 aliphatic carbocycles. The van der Waals surface area contributed by atoms with Gasteiger partial charge in [0.1, 0.15) is 5.82 Å². The summed E-state index contributed by atoms with van der Waals surface area (Å²) in [5, 5.41) is 7.15. The molecule has 1 saturated carbocycles. The number of nitrogens with zero attached hydrogens (tertiary/aromatic N) is 2. The number of hydrogen-bond donors (Lipinski definition) is 1. The number of H-pyrrole nitrogens is 1. The predicted octanol–water partition coefficient (Wildman–Crippen LogP) is 2.14. The molecule has 2 aromatic rings. The van der Waals surface area contributed by atoms with Crippen LogP contribution in [-0.4, -0.2) is 28.3 Å². The van der Waals surface area contributed by atoms with E-state index in [2.05, 4.69) is 19.9 Å². The van der Waals surface area contributed by atoms with Gasteiger partial charge < -0.3 is 4.74 Å². The van der Waals surface area contributed by atoms with Crippen molar-refractivity contribution in [2.75, 3.05) is 7.11 Å². The van der Waals surface area contributed by atoms with E-state index in [-0.39, 0.29) is 5.97 Å². The van der Waals surface area contributed by atoms with E-state index in [1.54, 1.807) is 12.1 Å². The Morgan fingerprint density at radius 3 is 2.67 bits per heavy atom. The molecular formula is C13H13N3O2.